The molecule has 0 radical (unpaired) electrons. The molecule has 2 N–H and O–H groups in total. The minimum Gasteiger partial charge on any atom is -0.462 e. The average Bonchev–Trinajstić information content (AvgIpc) is 2.37. The van der Waals surface area contributed by atoms with Crippen molar-refractivity contribution in [3.63, 3.8) is 0 Å². The van der Waals surface area contributed by atoms with Crippen molar-refractivity contribution in [2.45, 2.75) is 20.8 Å². The fourth-order valence-corrected chi connectivity index (χ4v) is 1.37. The van der Waals surface area contributed by atoms with Gasteiger partial charge in [0.25, 0.3) is 0 Å². The third-order valence-corrected chi connectivity index (χ3v) is 2.57. The minimum atomic E-state index is -0.317. The molecule has 18 heavy (non-hydrogen) atoms. The zero-order chi connectivity index (χ0) is 13.6. The number of hydrogen-bond donors (Lipinski definition) is 2. The van der Waals surface area contributed by atoms with E-state index < -0.39 is 0 Å². The maximum absolute atomic E-state index is 11.6. The third kappa shape index (κ3) is 4.37. The first-order valence-electron chi connectivity index (χ1n) is 6.10. The Morgan fingerprint density at radius 1 is 1.44 bits per heavy atom. The maximum atomic E-state index is 11.6. The molecule has 0 unspecified atom stereocenters. The lowest BCUT2D eigenvalue weighted by Gasteiger charge is -2.22. The molecule has 1 rings (SSSR count). The van der Waals surface area contributed by atoms with Gasteiger partial charge in [0.1, 0.15) is 0 Å². The van der Waals surface area contributed by atoms with Crippen LogP contribution < -0.4 is 5.32 Å². The highest BCUT2D eigenvalue weighted by atomic mass is 16.5. The predicted molar refractivity (Wildman–Crippen MR) is 71.8 cm³/mol. The van der Waals surface area contributed by atoms with E-state index in [-0.39, 0.29) is 18.0 Å². The van der Waals surface area contributed by atoms with Crippen molar-refractivity contribution in [3.8, 4) is 0 Å². The average molecular weight is 251 g/mol. The molecule has 1 aromatic carbocycles. The Morgan fingerprint density at radius 2 is 2.17 bits per heavy atom. The Bertz CT molecular complexity index is 402. The summed E-state index contributed by atoms with van der Waals surface area (Å²) >= 11 is 0. The first kappa shape index (κ1) is 14.5. The lowest BCUT2D eigenvalue weighted by Crippen LogP contribution is -2.26. The van der Waals surface area contributed by atoms with Crippen molar-refractivity contribution >= 4 is 11.7 Å². The molecule has 0 heterocycles. The highest BCUT2D eigenvalue weighted by Crippen LogP contribution is 2.17. The van der Waals surface area contributed by atoms with Crippen LogP contribution in [0.15, 0.2) is 24.3 Å². The van der Waals surface area contributed by atoms with E-state index in [0.29, 0.717) is 18.7 Å². The number of hydrogen-bond acceptors (Lipinski definition) is 4. The summed E-state index contributed by atoms with van der Waals surface area (Å²) in [5.74, 6) is -0.317. The molecular weight excluding hydrogens is 230 g/mol. The van der Waals surface area contributed by atoms with Gasteiger partial charge in [0.05, 0.1) is 12.2 Å². The molecule has 0 atom stereocenters. The van der Waals surface area contributed by atoms with Crippen molar-refractivity contribution in [2.24, 2.45) is 5.41 Å². The van der Waals surface area contributed by atoms with E-state index in [4.69, 9.17) is 4.74 Å². The number of nitrogens with one attached hydrogen (secondary N) is 1. The molecule has 1 aromatic rings. The van der Waals surface area contributed by atoms with Crippen molar-refractivity contribution in [2.75, 3.05) is 25.1 Å². The normalized spacial score (nSPS) is 11.1. The third-order valence-electron chi connectivity index (χ3n) is 2.57. The van der Waals surface area contributed by atoms with Gasteiger partial charge in [-0.1, -0.05) is 19.9 Å². The Morgan fingerprint density at radius 3 is 2.78 bits per heavy atom. The Hall–Kier alpha value is -1.55. The van der Waals surface area contributed by atoms with Crippen molar-refractivity contribution in [1.82, 2.24) is 0 Å². The Labute approximate surface area is 108 Å². The number of esters is 1. The highest BCUT2D eigenvalue weighted by Gasteiger charge is 2.16. The number of ether oxygens (including phenoxy) is 1. The molecule has 4 nitrogen and oxygen atoms in total. The van der Waals surface area contributed by atoms with Gasteiger partial charge in [-0.2, -0.15) is 0 Å². The van der Waals surface area contributed by atoms with Crippen LogP contribution in [0, 0.1) is 5.41 Å². The van der Waals surface area contributed by atoms with Crippen LogP contribution in [0.4, 0.5) is 5.69 Å². The van der Waals surface area contributed by atoms with Gasteiger partial charge in [-0.05, 0) is 25.1 Å². The van der Waals surface area contributed by atoms with Gasteiger partial charge in [-0.25, -0.2) is 4.79 Å². The van der Waals surface area contributed by atoms with Crippen LogP contribution in [0.2, 0.25) is 0 Å². The van der Waals surface area contributed by atoms with E-state index in [1.165, 1.54) is 0 Å². The first-order valence-corrected chi connectivity index (χ1v) is 6.10. The van der Waals surface area contributed by atoms with Gasteiger partial charge in [0.2, 0.25) is 0 Å². The number of rotatable bonds is 6. The molecule has 0 aromatic heterocycles. The zero-order valence-electron chi connectivity index (χ0n) is 11.2. The number of aliphatic hydroxyl groups excluding tert-OH is 1. The largest absolute Gasteiger partial charge is 0.462 e. The molecule has 0 aliphatic carbocycles. The topological polar surface area (TPSA) is 58.6 Å². The van der Waals surface area contributed by atoms with Gasteiger partial charge in [0, 0.05) is 24.3 Å². The van der Waals surface area contributed by atoms with Crippen LogP contribution in [0.3, 0.4) is 0 Å². The summed E-state index contributed by atoms with van der Waals surface area (Å²) in [4.78, 5) is 11.6. The predicted octanol–water partition coefficient (Wildman–Crippen LogP) is 2.29. The molecule has 0 amide bonds. The molecular formula is C14H21NO3. The molecule has 100 valence electrons. The molecule has 0 aliphatic rings. The van der Waals surface area contributed by atoms with E-state index in [2.05, 4.69) is 5.32 Å². The molecule has 0 spiro atoms. The summed E-state index contributed by atoms with van der Waals surface area (Å²) in [5, 5.41) is 12.4. The maximum Gasteiger partial charge on any atom is 0.338 e. The Balaban J connectivity index is 2.68. The quantitative estimate of drug-likeness (QED) is 0.762. The second kappa shape index (κ2) is 6.40. The zero-order valence-corrected chi connectivity index (χ0v) is 11.2. The highest BCUT2D eigenvalue weighted by molar-refractivity contribution is 5.90. The first-order chi connectivity index (χ1) is 8.48. The van der Waals surface area contributed by atoms with Crippen LogP contribution in [0.25, 0.3) is 0 Å². The second-order valence-electron chi connectivity index (χ2n) is 4.98. The fraction of sp³-hybridized carbons (Fsp3) is 0.500. The van der Waals surface area contributed by atoms with Gasteiger partial charge >= 0.3 is 5.97 Å². The smallest absolute Gasteiger partial charge is 0.338 e. The SMILES string of the molecule is CCOC(=O)c1cccc(NCC(C)(C)CO)c1. The number of carbonyl (C=O) groups is 1. The minimum absolute atomic E-state index is 0.109. The standard InChI is InChI=1S/C14H21NO3/c1-4-18-13(17)11-6-5-7-12(8-11)15-9-14(2,3)10-16/h5-8,15-16H,4,9-10H2,1-3H3. The van der Waals surface area contributed by atoms with Crippen LogP contribution in [0.1, 0.15) is 31.1 Å². The number of anilines is 1. The molecule has 0 saturated heterocycles. The van der Waals surface area contributed by atoms with Crippen molar-refractivity contribution < 1.29 is 14.6 Å². The summed E-state index contributed by atoms with van der Waals surface area (Å²) in [6, 6.07) is 7.17. The summed E-state index contributed by atoms with van der Waals surface area (Å²) in [7, 11) is 0. The fourth-order valence-electron chi connectivity index (χ4n) is 1.37. The van der Waals surface area contributed by atoms with E-state index in [9.17, 15) is 9.90 Å². The van der Waals surface area contributed by atoms with Crippen LogP contribution in [-0.4, -0.2) is 30.8 Å². The summed E-state index contributed by atoms with van der Waals surface area (Å²) < 4.78 is 4.94. The van der Waals surface area contributed by atoms with Crippen molar-refractivity contribution in [1.29, 1.82) is 0 Å². The van der Waals surface area contributed by atoms with Gasteiger partial charge in [-0.3, -0.25) is 0 Å². The second-order valence-corrected chi connectivity index (χ2v) is 4.98. The molecule has 0 bridgehead atoms. The van der Waals surface area contributed by atoms with E-state index in [1.54, 1.807) is 25.1 Å². The number of benzene rings is 1. The lowest BCUT2D eigenvalue weighted by molar-refractivity contribution is 0.0526. The van der Waals surface area contributed by atoms with E-state index >= 15 is 0 Å². The molecule has 4 heteroatoms. The summed E-state index contributed by atoms with van der Waals surface area (Å²) in [6.07, 6.45) is 0. The number of aliphatic hydroxyl groups is 1. The van der Waals surface area contributed by atoms with Gasteiger partial charge in [-0.15, -0.1) is 0 Å². The van der Waals surface area contributed by atoms with Crippen LogP contribution in [0.5, 0.6) is 0 Å². The van der Waals surface area contributed by atoms with Crippen LogP contribution >= 0.6 is 0 Å². The van der Waals surface area contributed by atoms with E-state index in [0.717, 1.165) is 5.69 Å². The molecule has 0 aliphatic heterocycles. The lowest BCUT2D eigenvalue weighted by atomic mass is 9.95. The van der Waals surface area contributed by atoms with E-state index in [1.807, 2.05) is 19.9 Å². The van der Waals surface area contributed by atoms with Gasteiger partial charge in [0.15, 0.2) is 0 Å². The van der Waals surface area contributed by atoms with Crippen molar-refractivity contribution in [3.05, 3.63) is 29.8 Å². The Kier molecular flexibility index (Phi) is 5.16. The number of carbonyl (C=O) groups excluding carboxylic acids is 1. The van der Waals surface area contributed by atoms with Gasteiger partial charge < -0.3 is 15.2 Å². The summed E-state index contributed by atoms with van der Waals surface area (Å²) in [6.45, 7) is 6.83. The molecule has 0 fully saturated rings. The monoisotopic (exact) mass is 251 g/mol. The molecule has 0 saturated carbocycles. The van der Waals surface area contributed by atoms with Crippen LogP contribution in [-0.2, 0) is 4.74 Å². The summed E-state index contributed by atoms with van der Waals surface area (Å²) in [5.41, 5.74) is 1.19.